The normalized spacial score (nSPS) is 20.2. The van der Waals surface area contributed by atoms with Crippen LogP contribution in [0.5, 0.6) is 0 Å². The lowest BCUT2D eigenvalue weighted by molar-refractivity contribution is -0.121. The Morgan fingerprint density at radius 1 is 1.48 bits per heavy atom. The number of amidine groups is 1. The van der Waals surface area contributed by atoms with Crippen LogP contribution in [0.15, 0.2) is 52.6 Å². The second kappa shape index (κ2) is 9.12. The minimum Gasteiger partial charge on any atom is -0.515 e. The van der Waals surface area contributed by atoms with Crippen molar-refractivity contribution in [2.45, 2.75) is 13.0 Å². The molecule has 132 valence electrons. The van der Waals surface area contributed by atoms with Crippen LogP contribution in [0.4, 0.5) is 0 Å². The first-order chi connectivity index (χ1) is 12.0. The van der Waals surface area contributed by atoms with Crippen molar-refractivity contribution in [1.29, 1.82) is 5.41 Å². The minimum atomic E-state index is -0.342. The van der Waals surface area contributed by atoms with E-state index in [0.717, 1.165) is 22.9 Å². The molecule has 2 rings (SSSR count). The van der Waals surface area contributed by atoms with Gasteiger partial charge in [0.05, 0.1) is 17.9 Å². The number of carbonyl (C=O) groups excluding carboxylic acids is 1. The molecule has 2 N–H and O–H groups in total. The number of benzene rings is 1. The van der Waals surface area contributed by atoms with Gasteiger partial charge in [-0.15, -0.1) is 0 Å². The summed E-state index contributed by atoms with van der Waals surface area (Å²) in [6.07, 6.45) is 2.67. The number of aliphatic hydroxyl groups excluding tert-OH is 1. The summed E-state index contributed by atoms with van der Waals surface area (Å²) in [5, 5.41) is 17.8. The quantitative estimate of drug-likeness (QED) is 0.344. The van der Waals surface area contributed by atoms with Crippen molar-refractivity contribution in [3.05, 3.63) is 53.1 Å². The van der Waals surface area contributed by atoms with E-state index in [9.17, 15) is 9.90 Å². The number of amides is 1. The number of nitrogens with zero attached hydrogens (tertiary/aromatic N) is 2. The molecule has 0 saturated carbocycles. The van der Waals surface area contributed by atoms with E-state index in [1.165, 1.54) is 11.8 Å². The van der Waals surface area contributed by atoms with Crippen molar-refractivity contribution in [1.82, 2.24) is 4.90 Å². The molecule has 0 aromatic heterocycles. The number of hydrogen-bond acceptors (Lipinski definition) is 6. The fourth-order valence-corrected chi connectivity index (χ4v) is 4.60. The summed E-state index contributed by atoms with van der Waals surface area (Å²) in [5.74, 6) is 0.272. The molecule has 1 amide bonds. The molecule has 25 heavy (non-hydrogen) atoms. The van der Waals surface area contributed by atoms with Crippen LogP contribution in [0.25, 0.3) is 5.57 Å². The van der Waals surface area contributed by atoms with Gasteiger partial charge in [-0.25, -0.2) is 0 Å². The van der Waals surface area contributed by atoms with Crippen molar-refractivity contribution in [3.8, 4) is 0 Å². The molecule has 1 fully saturated rings. The maximum Gasteiger partial charge on any atom is 0.264 e. The topological polar surface area (TPSA) is 76.8 Å². The van der Waals surface area contributed by atoms with Crippen LogP contribution in [0, 0.1) is 5.41 Å². The summed E-state index contributed by atoms with van der Waals surface area (Å²) in [5.41, 5.74) is 0.816. The Labute approximate surface area is 160 Å². The molecule has 1 aliphatic rings. The molecule has 0 radical (unpaired) electrons. The third kappa shape index (κ3) is 4.48. The first-order valence-corrected chi connectivity index (χ1v) is 9.62. The third-order valence-corrected chi connectivity index (χ3v) is 5.84. The molecule has 1 aliphatic heterocycles. The highest BCUT2D eigenvalue weighted by Gasteiger charge is 2.38. The zero-order valence-electron chi connectivity index (χ0n) is 13.8. The standard InChI is InChI=1S/C17H18ClN3O2S2/c1-3-14(25-16(18)19)13-10-24-17(20-2)21(13)15(23)12(9-22)11-7-5-4-6-8-11/h3-9,13,19,22H,10H2,1-2H3/b12-9+,14-3-,19-16?,20-17-/t13-/m1/s1. The molecular weight excluding hydrogens is 378 g/mol. The lowest BCUT2D eigenvalue weighted by Crippen LogP contribution is -2.40. The van der Waals surface area contributed by atoms with Gasteiger partial charge in [0.1, 0.15) is 0 Å². The van der Waals surface area contributed by atoms with Crippen molar-refractivity contribution in [3.63, 3.8) is 0 Å². The van der Waals surface area contributed by atoms with Gasteiger partial charge in [-0.3, -0.25) is 20.1 Å². The third-order valence-electron chi connectivity index (χ3n) is 3.56. The van der Waals surface area contributed by atoms with Gasteiger partial charge in [0.15, 0.2) is 9.67 Å². The van der Waals surface area contributed by atoms with E-state index in [4.69, 9.17) is 17.0 Å². The maximum absolute atomic E-state index is 13.1. The summed E-state index contributed by atoms with van der Waals surface area (Å²) < 4.78 is -0.0617. The number of aliphatic hydroxyl groups is 1. The van der Waals surface area contributed by atoms with Crippen molar-refractivity contribution in [2.75, 3.05) is 12.8 Å². The van der Waals surface area contributed by atoms with E-state index in [-0.39, 0.29) is 22.0 Å². The van der Waals surface area contributed by atoms with Crippen LogP contribution in [0.2, 0.25) is 0 Å². The van der Waals surface area contributed by atoms with Crippen LogP contribution in [0.3, 0.4) is 0 Å². The number of nitrogens with one attached hydrogen (secondary N) is 1. The van der Waals surface area contributed by atoms with Crippen molar-refractivity contribution < 1.29 is 9.90 Å². The summed E-state index contributed by atoms with van der Waals surface area (Å²) >= 11 is 8.30. The molecule has 0 spiro atoms. The molecule has 1 atom stereocenters. The molecule has 1 aromatic rings. The number of allylic oxidation sites excluding steroid dienone is 1. The Hall–Kier alpha value is -1.70. The van der Waals surface area contributed by atoms with Gasteiger partial charge < -0.3 is 5.11 Å². The molecule has 0 unspecified atom stereocenters. The van der Waals surface area contributed by atoms with Crippen LogP contribution >= 0.6 is 35.1 Å². The second-order valence-electron chi connectivity index (χ2n) is 4.98. The fraction of sp³-hybridized carbons (Fsp3) is 0.235. The average Bonchev–Trinajstić information content (AvgIpc) is 3.04. The van der Waals surface area contributed by atoms with Crippen LogP contribution in [0.1, 0.15) is 12.5 Å². The van der Waals surface area contributed by atoms with E-state index in [1.807, 2.05) is 19.1 Å². The first kappa shape index (κ1) is 19.6. The van der Waals surface area contributed by atoms with E-state index in [1.54, 1.807) is 36.2 Å². The van der Waals surface area contributed by atoms with E-state index in [0.29, 0.717) is 16.5 Å². The number of carbonyl (C=O) groups is 1. The van der Waals surface area contributed by atoms with Crippen molar-refractivity contribution >= 4 is 56.3 Å². The number of thioether (sulfide) groups is 2. The van der Waals surface area contributed by atoms with Crippen LogP contribution in [-0.2, 0) is 4.79 Å². The SMILES string of the molecule is C/C=C(\SC(=N)Cl)[C@H]1CS/C(=N\C)N1C(=O)/C(=C/O)c1ccccc1. The second-order valence-corrected chi connectivity index (χ2v) is 7.66. The summed E-state index contributed by atoms with van der Waals surface area (Å²) in [7, 11) is 1.63. The van der Waals surface area contributed by atoms with Crippen molar-refractivity contribution in [2.24, 2.45) is 4.99 Å². The predicted octanol–water partition coefficient (Wildman–Crippen LogP) is 4.33. The van der Waals surface area contributed by atoms with Gasteiger partial charge in [0, 0.05) is 17.7 Å². The highest BCUT2D eigenvalue weighted by molar-refractivity contribution is 8.20. The Bertz CT molecular complexity index is 748. The molecule has 8 heteroatoms. The highest BCUT2D eigenvalue weighted by Crippen LogP contribution is 2.36. The van der Waals surface area contributed by atoms with Gasteiger partial charge in [0.25, 0.3) is 5.91 Å². The maximum atomic E-state index is 13.1. The molecule has 1 aromatic carbocycles. The Balaban J connectivity index is 2.40. The van der Waals surface area contributed by atoms with Gasteiger partial charge in [-0.1, -0.05) is 71.5 Å². The summed E-state index contributed by atoms with van der Waals surface area (Å²) in [4.78, 5) is 19.7. The fourth-order valence-electron chi connectivity index (χ4n) is 2.46. The smallest absolute Gasteiger partial charge is 0.264 e. The average molecular weight is 396 g/mol. The molecule has 1 saturated heterocycles. The van der Waals surface area contributed by atoms with E-state index < -0.39 is 0 Å². The monoisotopic (exact) mass is 395 g/mol. The molecule has 0 bridgehead atoms. The highest BCUT2D eigenvalue weighted by atomic mass is 35.5. The molecule has 5 nitrogen and oxygen atoms in total. The molecule has 1 heterocycles. The molecular formula is C17H18ClN3O2S2. The van der Waals surface area contributed by atoms with Gasteiger partial charge in [-0.05, 0) is 12.5 Å². The van der Waals surface area contributed by atoms with Gasteiger partial charge in [0.2, 0.25) is 0 Å². The van der Waals surface area contributed by atoms with Gasteiger partial charge >= 0.3 is 0 Å². The minimum absolute atomic E-state index is 0.0617. The van der Waals surface area contributed by atoms with Gasteiger partial charge in [-0.2, -0.15) is 0 Å². The van der Waals surface area contributed by atoms with Crippen LogP contribution < -0.4 is 0 Å². The summed E-state index contributed by atoms with van der Waals surface area (Å²) in [6.45, 7) is 1.84. The number of rotatable bonds is 4. The number of hydrogen-bond donors (Lipinski definition) is 2. The van der Waals surface area contributed by atoms with Crippen LogP contribution in [-0.4, -0.2) is 44.4 Å². The Kier molecular flexibility index (Phi) is 7.16. The number of aliphatic imine (C=N–C) groups is 1. The largest absolute Gasteiger partial charge is 0.515 e. The lowest BCUT2D eigenvalue weighted by atomic mass is 10.1. The lowest BCUT2D eigenvalue weighted by Gasteiger charge is -2.26. The number of halogens is 1. The van der Waals surface area contributed by atoms with E-state index >= 15 is 0 Å². The first-order valence-electron chi connectivity index (χ1n) is 7.44. The van der Waals surface area contributed by atoms with E-state index in [2.05, 4.69) is 4.99 Å². The Morgan fingerprint density at radius 2 is 2.16 bits per heavy atom. The zero-order valence-corrected chi connectivity index (χ0v) is 16.2. The molecule has 0 aliphatic carbocycles. The summed E-state index contributed by atoms with van der Waals surface area (Å²) in [6, 6.07) is 8.70. The Morgan fingerprint density at radius 3 is 2.68 bits per heavy atom. The predicted molar refractivity (Wildman–Crippen MR) is 108 cm³/mol. The zero-order chi connectivity index (χ0) is 18.4.